The fourth-order valence-corrected chi connectivity index (χ4v) is 1.40. The van der Waals surface area contributed by atoms with E-state index in [0.29, 0.717) is 0 Å². The number of nitrogens with two attached hydrogens (primary N) is 1. The number of rotatable bonds is 3. The first kappa shape index (κ1) is 13.4. The number of nitriles is 1. The predicted molar refractivity (Wildman–Crippen MR) is 59.2 cm³/mol. The molecule has 92 valence electrons. The largest absolute Gasteiger partial charge is 0.494 e. The van der Waals surface area contributed by atoms with E-state index in [-0.39, 0.29) is 11.3 Å². The van der Waals surface area contributed by atoms with Crippen molar-refractivity contribution in [2.75, 3.05) is 7.11 Å². The zero-order valence-electron chi connectivity index (χ0n) is 9.92. The van der Waals surface area contributed by atoms with Crippen molar-refractivity contribution in [2.24, 2.45) is 11.1 Å². The van der Waals surface area contributed by atoms with Crippen molar-refractivity contribution in [3.63, 3.8) is 0 Å². The van der Waals surface area contributed by atoms with Crippen LogP contribution in [0.3, 0.4) is 0 Å². The van der Waals surface area contributed by atoms with Crippen LogP contribution in [0.5, 0.6) is 5.75 Å². The van der Waals surface area contributed by atoms with Crippen LogP contribution < -0.4 is 10.5 Å². The summed E-state index contributed by atoms with van der Waals surface area (Å²) in [5.74, 6) is -1.57. The van der Waals surface area contributed by atoms with E-state index in [1.54, 1.807) is 13.8 Å². The first-order valence-electron chi connectivity index (χ1n) is 5.03. The van der Waals surface area contributed by atoms with Gasteiger partial charge in [0.15, 0.2) is 11.6 Å². The van der Waals surface area contributed by atoms with Crippen LogP contribution in [0.25, 0.3) is 0 Å². The molecular weight excluding hydrogens is 226 g/mol. The minimum atomic E-state index is -0.984. The van der Waals surface area contributed by atoms with Crippen molar-refractivity contribution in [1.29, 1.82) is 5.26 Å². The molecule has 1 rings (SSSR count). The average molecular weight is 240 g/mol. The maximum Gasteiger partial charge on any atom is 0.165 e. The Bertz CT molecular complexity index is 466. The molecule has 0 bridgehead atoms. The SMILES string of the molecule is COc1cc(F)c(C(N)C(C)(C)C#N)cc1F. The standard InChI is InChI=1S/C12H14F2N2O/c1-12(2,6-15)11(16)7-4-9(14)10(17-3)5-8(7)13/h4-5,11H,16H2,1-3H3. The van der Waals surface area contributed by atoms with Gasteiger partial charge in [-0.2, -0.15) is 5.26 Å². The van der Waals surface area contributed by atoms with Crippen LogP contribution in [-0.2, 0) is 0 Å². The summed E-state index contributed by atoms with van der Waals surface area (Å²) in [6.45, 7) is 3.14. The van der Waals surface area contributed by atoms with Crippen LogP contribution in [0.15, 0.2) is 12.1 Å². The van der Waals surface area contributed by atoms with Gasteiger partial charge in [0.25, 0.3) is 0 Å². The molecule has 2 N–H and O–H groups in total. The highest BCUT2D eigenvalue weighted by molar-refractivity contribution is 5.34. The number of ether oxygens (including phenoxy) is 1. The molecule has 0 spiro atoms. The molecule has 1 unspecified atom stereocenters. The number of hydrogen-bond acceptors (Lipinski definition) is 3. The molecular formula is C12H14F2N2O. The number of halogens is 2. The van der Waals surface area contributed by atoms with Gasteiger partial charge in [-0.15, -0.1) is 0 Å². The third-order valence-electron chi connectivity index (χ3n) is 2.67. The Morgan fingerprint density at radius 2 is 1.94 bits per heavy atom. The number of methoxy groups -OCH3 is 1. The molecule has 1 aromatic rings. The van der Waals surface area contributed by atoms with Crippen LogP contribution in [0.4, 0.5) is 8.78 Å². The Morgan fingerprint density at radius 1 is 1.35 bits per heavy atom. The Labute approximate surface area is 98.8 Å². The molecule has 0 aliphatic carbocycles. The van der Waals surface area contributed by atoms with E-state index in [1.807, 2.05) is 6.07 Å². The normalized spacial score (nSPS) is 13.0. The van der Waals surface area contributed by atoms with Crippen molar-refractivity contribution in [2.45, 2.75) is 19.9 Å². The molecule has 0 fully saturated rings. The maximum atomic E-state index is 13.7. The van der Waals surface area contributed by atoms with Gasteiger partial charge in [0.1, 0.15) is 5.82 Å². The lowest BCUT2D eigenvalue weighted by atomic mass is 9.82. The molecule has 0 heterocycles. The van der Waals surface area contributed by atoms with Crippen molar-refractivity contribution < 1.29 is 13.5 Å². The Hall–Kier alpha value is -1.67. The summed E-state index contributed by atoms with van der Waals surface area (Å²) in [4.78, 5) is 0. The molecule has 0 radical (unpaired) electrons. The first-order valence-corrected chi connectivity index (χ1v) is 5.03. The summed E-state index contributed by atoms with van der Waals surface area (Å²) >= 11 is 0. The lowest BCUT2D eigenvalue weighted by molar-refractivity contribution is 0.364. The summed E-state index contributed by atoms with van der Waals surface area (Å²) in [5.41, 5.74) is 4.76. The molecule has 0 saturated carbocycles. The predicted octanol–water partition coefficient (Wildman–Crippen LogP) is 2.52. The monoisotopic (exact) mass is 240 g/mol. The van der Waals surface area contributed by atoms with Crippen LogP contribution in [0, 0.1) is 28.4 Å². The molecule has 0 aliphatic rings. The van der Waals surface area contributed by atoms with Gasteiger partial charge in [0.05, 0.1) is 24.6 Å². The van der Waals surface area contributed by atoms with E-state index in [9.17, 15) is 8.78 Å². The van der Waals surface area contributed by atoms with E-state index in [1.165, 1.54) is 7.11 Å². The zero-order chi connectivity index (χ0) is 13.2. The molecule has 0 amide bonds. The van der Waals surface area contributed by atoms with E-state index >= 15 is 0 Å². The second-order valence-corrected chi connectivity index (χ2v) is 4.32. The summed E-state index contributed by atoms with van der Waals surface area (Å²) in [5, 5.41) is 8.92. The van der Waals surface area contributed by atoms with Crippen molar-refractivity contribution >= 4 is 0 Å². The Kier molecular flexibility index (Phi) is 3.69. The highest BCUT2D eigenvalue weighted by Crippen LogP contribution is 2.34. The van der Waals surface area contributed by atoms with Crippen molar-refractivity contribution in [3.05, 3.63) is 29.3 Å². The van der Waals surface area contributed by atoms with Gasteiger partial charge in [-0.25, -0.2) is 8.78 Å². The van der Waals surface area contributed by atoms with Gasteiger partial charge in [-0.1, -0.05) is 0 Å². The lowest BCUT2D eigenvalue weighted by Crippen LogP contribution is -2.28. The van der Waals surface area contributed by atoms with E-state index < -0.39 is 23.1 Å². The smallest absolute Gasteiger partial charge is 0.165 e. The van der Waals surface area contributed by atoms with Crippen molar-refractivity contribution in [1.82, 2.24) is 0 Å². The summed E-state index contributed by atoms with van der Waals surface area (Å²) < 4.78 is 31.8. The Morgan fingerprint density at radius 3 is 2.41 bits per heavy atom. The van der Waals surface area contributed by atoms with Crippen LogP contribution >= 0.6 is 0 Å². The van der Waals surface area contributed by atoms with Gasteiger partial charge in [0.2, 0.25) is 0 Å². The second-order valence-electron chi connectivity index (χ2n) is 4.32. The molecule has 0 aromatic heterocycles. The van der Waals surface area contributed by atoms with Gasteiger partial charge in [-0.3, -0.25) is 0 Å². The number of benzene rings is 1. The highest BCUT2D eigenvalue weighted by atomic mass is 19.1. The quantitative estimate of drug-likeness (QED) is 0.883. The van der Waals surface area contributed by atoms with Crippen LogP contribution in [0.1, 0.15) is 25.5 Å². The molecule has 5 heteroatoms. The van der Waals surface area contributed by atoms with E-state index in [4.69, 9.17) is 11.0 Å². The molecule has 17 heavy (non-hydrogen) atoms. The van der Waals surface area contributed by atoms with E-state index in [0.717, 1.165) is 12.1 Å². The summed E-state index contributed by atoms with van der Waals surface area (Å²) in [6, 6.07) is 2.96. The van der Waals surface area contributed by atoms with Gasteiger partial charge in [0, 0.05) is 11.6 Å². The van der Waals surface area contributed by atoms with Gasteiger partial charge < -0.3 is 10.5 Å². The lowest BCUT2D eigenvalue weighted by Gasteiger charge is -2.25. The zero-order valence-corrected chi connectivity index (χ0v) is 9.92. The highest BCUT2D eigenvalue weighted by Gasteiger charge is 2.30. The minimum absolute atomic E-state index is 0.0325. The summed E-state index contributed by atoms with van der Waals surface area (Å²) in [7, 11) is 1.25. The fourth-order valence-electron chi connectivity index (χ4n) is 1.40. The third kappa shape index (κ3) is 2.53. The first-order chi connectivity index (χ1) is 7.83. The average Bonchev–Trinajstić information content (AvgIpc) is 2.30. The van der Waals surface area contributed by atoms with Crippen molar-refractivity contribution in [3.8, 4) is 11.8 Å². The molecule has 0 aliphatic heterocycles. The molecule has 1 aromatic carbocycles. The second kappa shape index (κ2) is 4.68. The molecule has 3 nitrogen and oxygen atoms in total. The minimum Gasteiger partial charge on any atom is -0.494 e. The molecule has 1 atom stereocenters. The molecule has 0 saturated heterocycles. The third-order valence-corrected chi connectivity index (χ3v) is 2.67. The summed E-state index contributed by atoms with van der Waals surface area (Å²) in [6.07, 6.45) is 0. The Balaban J connectivity index is 3.25. The van der Waals surface area contributed by atoms with Crippen LogP contribution in [0.2, 0.25) is 0 Å². The number of nitrogens with zero attached hydrogens (tertiary/aromatic N) is 1. The fraction of sp³-hybridized carbons (Fsp3) is 0.417. The number of hydrogen-bond donors (Lipinski definition) is 1. The van der Waals surface area contributed by atoms with Crippen LogP contribution in [-0.4, -0.2) is 7.11 Å². The maximum absolute atomic E-state index is 13.7. The topological polar surface area (TPSA) is 59.0 Å². The van der Waals surface area contributed by atoms with Gasteiger partial charge >= 0.3 is 0 Å². The van der Waals surface area contributed by atoms with E-state index in [2.05, 4.69) is 4.74 Å². The van der Waals surface area contributed by atoms with Gasteiger partial charge in [-0.05, 0) is 19.9 Å².